The van der Waals surface area contributed by atoms with E-state index in [-0.39, 0.29) is 34.5 Å². The van der Waals surface area contributed by atoms with Gasteiger partial charge in [0.1, 0.15) is 5.75 Å². The third-order valence-electron chi connectivity index (χ3n) is 4.10. The number of nitrogens with two attached hydrogens (primary N) is 1. The van der Waals surface area contributed by atoms with Crippen LogP contribution >= 0.6 is 0 Å². The van der Waals surface area contributed by atoms with Crippen molar-refractivity contribution in [3.63, 3.8) is 0 Å². The largest absolute Gasteiger partial charge is 0.497 e. The Labute approximate surface area is 203 Å². The standard InChI is InChI=1S/C19H15F3N4O4.C2HF3O2/c1-29-14-6-10(5-13(8-14)26-17(28)15-9-24-18(23)30-15)16(27)25-12-4-2-3-11(7-12)19(20,21)22;3-2(4,5)1(6)7/h2-9H,1H3,(H2,23,24)(H,25,27)(H,26,28);(H,6,7). The Balaban J connectivity index is 0.000000604. The number of methoxy groups -OCH3 is 1. The van der Waals surface area contributed by atoms with Gasteiger partial charge in [0, 0.05) is 23.0 Å². The van der Waals surface area contributed by atoms with E-state index in [1.165, 1.54) is 37.4 Å². The van der Waals surface area contributed by atoms with Gasteiger partial charge in [-0.2, -0.15) is 26.3 Å². The average Bonchev–Trinajstić information content (AvgIpc) is 3.24. The number of oxazole rings is 1. The number of hydrogen-bond donors (Lipinski definition) is 4. The maximum Gasteiger partial charge on any atom is 0.490 e. The maximum atomic E-state index is 12.9. The first-order valence-corrected chi connectivity index (χ1v) is 9.60. The third kappa shape index (κ3) is 8.44. The first-order valence-electron chi connectivity index (χ1n) is 9.60. The van der Waals surface area contributed by atoms with Gasteiger partial charge in [-0.3, -0.25) is 9.59 Å². The molecule has 0 spiro atoms. The van der Waals surface area contributed by atoms with E-state index < -0.39 is 35.7 Å². The first kappa shape index (κ1) is 28.5. The molecule has 10 nitrogen and oxygen atoms in total. The summed E-state index contributed by atoms with van der Waals surface area (Å²) in [6, 6.07) is 8.16. The maximum absolute atomic E-state index is 12.9. The predicted molar refractivity (Wildman–Crippen MR) is 115 cm³/mol. The molecular weight excluding hydrogens is 518 g/mol. The molecule has 3 aromatic rings. The molecule has 0 radical (unpaired) electrons. The molecule has 37 heavy (non-hydrogen) atoms. The molecule has 16 heteroatoms. The lowest BCUT2D eigenvalue weighted by Gasteiger charge is -2.12. The van der Waals surface area contributed by atoms with E-state index in [0.717, 1.165) is 18.3 Å². The van der Waals surface area contributed by atoms with Gasteiger partial charge in [-0.15, -0.1) is 0 Å². The van der Waals surface area contributed by atoms with E-state index in [1.807, 2.05) is 0 Å². The molecule has 3 rings (SSSR count). The van der Waals surface area contributed by atoms with Crippen molar-refractivity contribution in [1.29, 1.82) is 0 Å². The second-order valence-electron chi connectivity index (χ2n) is 6.80. The monoisotopic (exact) mass is 534 g/mol. The zero-order valence-electron chi connectivity index (χ0n) is 18.4. The fourth-order valence-corrected chi connectivity index (χ4v) is 2.48. The number of anilines is 3. The highest BCUT2D eigenvalue weighted by Gasteiger charge is 2.38. The lowest BCUT2D eigenvalue weighted by molar-refractivity contribution is -0.192. The SMILES string of the molecule is COc1cc(NC(=O)c2cnc(N)o2)cc(C(=O)Nc2cccc(C(F)(F)F)c2)c1.O=C(O)C(F)(F)F. The van der Waals surface area contributed by atoms with Gasteiger partial charge in [-0.05, 0) is 30.3 Å². The molecule has 0 aliphatic heterocycles. The predicted octanol–water partition coefficient (Wildman–Crippen LogP) is 4.42. The fraction of sp³-hybridized carbons (Fsp3) is 0.143. The van der Waals surface area contributed by atoms with Crippen LogP contribution in [0.4, 0.5) is 43.7 Å². The molecule has 1 aromatic heterocycles. The Hall–Kier alpha value is -4.76. The summed E-state index contributed by atoms with van der Waals surface area (Å²) in [5.41, 5.74) is 4.61. The van der Waals surface area contributed by atoms with Crippen LogP contribution in [0.3, 0.4) is 0 Å². The number of carbonyl (C=O) groups excluding carboxylic acids is 2. The number of hydrogen-bond acceptors (Lipinski definition) is 7. The molecule has 5 N–H and O–H groups in total. The minimum atomic E-state index is -5.08. The Kier molecular flexibility index (Phi) is 8.71. The number of nitrogens with one attached hydrogen (secondary N) is 2. The topological polar surface area (TPSA) is 157 Å². The van der Waals surface area contributed by atoms with Gasteiger partial charge in [-0.25, -0.2) is 9.78 Å². The van der Waals surface area contributed by atoms with E-state index in [0.29, 0.717) is 0 Å². The molecule has 0 aliphatic carbocycles. The molecule has 0 bridgehead atoms. The van der Waals surface area contributed by atoms with E-state index >= 15 is 0 Å². The molecule has 198 valence electrons. The van der Waals surface area contributed by atoms with Gasteiger partial charge < -0.3 is 30.6 Å². The summed E-state index contributed by atoms with van der Waals surface area (Å²) in [4.78, 5) is 37.2. The second-order valence-corrected chi connectivity index (χ2v) is 6.80. The third-order valence-corrected chi connectivity index (χ3v) is 4.10. The van der Waals surface area contributed by atoms with E-state index in [4.69, 9.17) is 24.8 Å². The molecule has 0 aliphatic rings. The van der Waals surface area contributed by atoms with Crippen LogP contribution in [0.15, 0.2) is 53.1 Å². The summed E-state index contributed by atoms with van der Waals surface area (Å²) in [5.74, 6) is -4.04. The number of nitrogens with zero attached hydrogens (tertiary/aromatic N) is 1. The van der Waals surface area contributed by atoms with Gasteiger partial charge in [0.2, 0.25) is 5.76 Å². The molecular formula is C21H16F6N4O6. The summed E-state index contributed by atoms with van der Waals surface area (Å²) in [6.07, 6.45) is -8.50. The van der Waals surface area contributed by atoms with Crippen molar-refractivity contribution in [2.24, 2.45) is 0 Å². The molecule has 2 aromatic carbocycles. The Morgan fingerprint density at radius 1 is 0.973 bits per heavy atom. The van der Waals surface area contributed by atoms with Crippen molar-refractivity contribution >= 4 is 35.2 Å². The van der Waals surface area contributed by atoms with Crippen molar-refractivity contribution in [3.8, 4) is 5.75 Å². The van der Waals surface area contributed by atoms with Crippen molar-refractivity contribution in [2.75, 3.05) is 23.5 Å². The quantitative estimate of drug-likeness (QED) is 0.351. The number of carboxylic acids is 1. The van der Waals surface area contributed by atoms with Crippen molar-refractivity contribution in [2.45, 2.75) is 12.4 Å². The summed E-state index contributed by atoms with van der Waals surface area (Å²) >= 11 is 0. The van der Waals surface area contributed by atoms with Crippen LogP contribution in [0.25, 0.3) is 0 Å². The minimum absolute atomic E-state index is 0.0409. The molecule has 1 heterocycles. The number of halogens is 6. The molecule has 0 atom stereocenters. The summed E-state index contributed by atoms with van der Waals surface area (Å²) < 4.78 is 80.3. The van der Waals surface area contributed by atoms with Gasteiger partial charge in [0.05, 0.1) is 18.9 Å². The van der Waals surface area contributed by atoms with Gasteiger partial charge in [-0.1, -0.05) is 6.07 Å². The van der Waals surface area contributed by atoms with E-state index in [1.54, 1.807) is 0 Å². The highest BCUT2D eigenvalue weighted by Crippen LogP contribution is 2.31. The Morgan fingerprint density at radius 3 is 2.11 bits per heavy atom. The van der Waals surface area contributed by atoms with E-state index in [2.05, 4.69) is 15.6 Å². The van der Waals surface area contributed by atoms with Gasteiger partial charge in [0.25, 0.3) is 17.8 Å². The summed E-state index contributed by atoms with van der Waals surface area (Å²) in [7, 11) is 1.35. The fourth-order valence-electron chi connectivity index (χ4n) is 2.48. The molecule has 0 fully saturated rings. The Morgan fingerprint density at radius 2 is 1.59 bits per heavy atom. The smallest absolute Gasteiger partial charge is 0.490 e. The van der Waals surface area contributed by atoms with Crippen molar-refractivity contribution < 1.29 is 55.0 Å². The van der Waals surface area contributed by atoms with Crippen LogP contribution in [0, 0.1) is 0 Å². The zero-order valence-corrected chi connectivity index (χ0v) is 18.4. The molecule has 0 saturated heterocycles. The van der Waals surface area contributed by atoms with Crippen LogP contribution in [-0.2, 0) is 11.0 Å². The molecule has 2 amide bonds. The van der Waals surface area contributed by atoms with Crippen LogP contribution in [0.5, 0.6) is 5.75 Å². The number of aromatic nitrogens is 1. The van der Waals surface area contributed by atoms with Crippen molar-refractivity contribution in [3.05, 3.63) is 65.5 Å². The summed E-state index contributed by atoms with van der Waals surface area (Å²) in [5, 5.41) is 12.0. The van der Waals surface area contributed by atoms with Crippen LogP contribution < -0.4 is 21.1 Å². The number of carboxylic acid groups (broad SMARTS) is 1. The van der Waals surface area contributed by atoms with Crippen LogP contribution in [-0.4, -0.2) is 41.2 Å². The number of aliphatic carboxylic acids is 1. The first-order chi connectivity index (χ1) is 17.1. The average molecular weight is 534 g/mol. The Bertz CT molecular complexity index is 1290. The second kappa shape index (κ2) is 11.3. The lowest BCUT2D eigenvalue weighted by atomic mass is 10.1. The number of benzene rings is 2. The molecule has 0 saturated carbocycles. The van der Waals surface area contributed by atoms with Crippen LogP contribution in [0.1, 0.15) is 26.5 Å². The molecule has 0 unspecified atom stereocenters. The van der Waals surface area contributed by atoms with Crippen LogP contribution in [0.2, 0.25) is 0 Å². The number of nitrogen functional groups attached to an aromatic ring is 1. The van der Waals surface area contributed by atoms with Gasteiger partial charge >= 0.3 is 18.3 Å². The number of carbonyl (C=O) groups is 3. The number of ether oxygens (including phenoxy) is 1. The minimum Gasteiger partial charge on any atom is -0.497 e. The number of alkyl halides is 6. The van der Waals surface area contributed by atoms with E-state index in [9.17, 15) is 35.9 Å². The lowest BCUT2D eigenvalue weighted by Crippen LogP contribution is -2.21. The highest BCUT2D eigenvalue weighted by molar-refractivity contribution is 6.07. The highest BCUT2D eigenvalue weighted by atomic mass is 19.4. The van der Waals surface area contributed by atoms with Gasteiger partial charge in [0.15, 0.2) is 0 Å². The number of amides is 2. The zero-order chi connectivity index (χ0) is 28.0. The normalized spacial score (nSPS) is 11.1. The number of rotatable bonds is 5. The summed E-state index contributed by atoms with van der Waals surface area (Å²) in [6.45, 7) is 0. The van der Waals surface area contributed by atoms with Crippen molar-refractivity contribution in [1.82, 2.24) is 4.98 Å².